The van der Waals surface area contributed by atoms with Gasteiger partial charge in [0.1, 0.15) is 12.2 Å². The molecule has 0 spiro atoms. The van der Waals surface area contributed by atoms with E-state index in [1.165, 1.54) is 6.33 Å². The highest BCUT2D eigenvalue weighted by molar-refractivity contribution is 5.94. The highest BCUT2D eigenvalue weighted by atomic mass is 16.1. The number of carbonyl (C=O) groups is 1. The summed E-state index contributed by atoms with van der Waals surface area (Å²) in [6, 6.07) is 7.55. The maximum atomic E-state index is 12.0. The monoisotopic (exact) mass is 371 g/mol. The Balaban J connectivity index is 1.90. The molecule has 0 saturated heterocycles. The molecular formula is C19H29N7O. The van der Waals surface area contributed by atoms with Gasteiger partial charge in [0.25, 0.3) is 5.91 Å². The number of rotatable bonds is 9. The summed E-state index contributed by atoms with van der Waals surface area (Å²) in [5.74, 6) is 1.51. The van der Waals surface area contributed by atoms with Crippen LogP contribution in [-0.4, -0.2) is 39.7 Å². The third-order valence-corrected chi connectivity index (χ3v) is 4.02. The molecule has 0 aliphatic carbocycles. The fourth-order valence-electron chi connectivity index (χ4n) is 2.40. The molecule has 0 bridgehead atoms. The average Bonchev–Trinajstić information content (AvgIpc) is 3.09. The van der Waals surface area contributed by atoms with Crippen molar-refractivity contribution < 1.29 is 4.79 Å². The van der Waals surface area contributed by atoms with Gasteiger partial charge in [-0.3, -0.25) is 9.48 Å². The Morgan fingerprint density at radius 2 is 1.93 bits per heavy atom. The van der Waals surface area contributed by atoms with Gasteiger partial charge in [-0.1, -0.05) is 25.5 Å². The molecule has 0 saturated carbocycles. The summed E-state index contributed by atoms with van der Waals surface area (Å²) in [6.07, 6.45) is 3.59. The van der Waals surface area contributed by atoms with Crippen LogP contribution in [0.15, 0.2) is 35.6 Å². The van der Waals surface area contributed by atoms with E-state index in [0.29, 0.717) is 31.2 Å². The number of aliphatic imine (C=N–C) groups is 1. The van der Waals surface area contributed by atoms with Gasteiger partial charge in [-0.25, -0.2) is 9.98 Å². The van der Waals surface area contributed by atoms with Crippen molar-refractivity contribution >= 4 is 11.9 Å². The molecule has 2 aromatic rings. The molecule has 8 heteroatoms. The van der Waals surface area contributed by atoms with Gasteiger partial charge >= 0.3 is 0 Å². The Morgan fingerprint density at radius 3 is 2.56 bits per heavy atom. The molecule has 0 aliphatic rings. The van der Waals surface area contributed by atoms with E-state index in [1.807, 2.05) is 38.2 Å². The number of hydrogen-bond acceptors (Lipinski definition) is 4. The van der Waals surface area contributed by atoms with E-state index >= 15 is 0 Å². The molecule has 0 aliphatic heterocycles. The zero-order valence-electron chi connectivity index (χ0n) is 16.3. The van der Waals surface area contributed by atoms with Gasteiger partial charge < -0.3 is 16.0 Å². The Hall–Kier alpha value is -2.90. The molecule has 8 nitrogen and oxygen atoms in total. The van der Waals surface area contributed by atoms with Crippen molar-refractivity contribution in [3.63, 3.8) is 0 Å². The van der Waals surface area contributed by atoms with Gasteiger partial charge in [-0.05, 0) is 31.0 Å². The minimum Gasteiger partial charge on any atom is -0.357 e. The van der Waals surface area contributed by atoms with Crippen molar-refractivity contribution in [2.45, 2.75) is 39.8 Å². The molecule has 0 unspecified atom stereocenters. The number of aryl methyl sites for hydroxylation is 1. The third kappa shape index (κ3) is 6.73. The fraction of sp³-hybridized carbons (Fsp3) is 0.474. The van der Waals surface area contributed by atoms with Gasteiger partial charge in [-0.15, -0.1) is 0 Å². The molecule has 1 aromatic heterocycles. The normalized spacial score (nSPS) is 11.3. The molecule has 1 aromatic carbocycles. The van der Waals surface area contributed by atoms with Crippen LogP contribution in [0.25, 0.3) is 0 Å². The Morgan fingerprint density at radius 1 is 1.15 bits per heavy atom. The number of nitrogens with one attached hydrogen (secondary N) is 3. The second-order valence-electron chi connectivity index (χ2n) is 6.15. The van der Waals surface area contributed by atoms with E-state index in [0.717, 1.165) is 30.8 Å². The lowest BCUT2D eigenvalue weighted by molar-refractivity contribution is 0.0953. The van der Waals surface area contributed by atoms with Crippen molar-refractivity contribution in [3.8, 4) is 0 Å². The first-order valence-electron chi connectivity index (χ1n) is 9.36. The van der Waals surface area contributed by atoms with E-state index in [1.54, 1.807) is 4.68 Å². The molecule has 1 amide bonds. The number of carbonyl (C=O) groups excluding carboxylic acids is 1. The number of guanidine groups is 1. The van der Waals surface area contributed by atoms with E-state index in [2.05, 4.69) is 37.9 Å². The van der Waals surface area contributed by atoms with E-state index in [-0.39, 0.29) is 5.91 Å². The number of nitrogens with zero attached hydrogens (tertiary/aromatic N) is 4. The predicted molar refractivity (Wildman–Crippen MR) is 106 cm³/mol. The average molecular weight is 371 g/mol. The Labute approximate surface area is 160 Å². The largest absolute Gasteiger partial charge is 0.357 e. The van der Waals surface area contributed by atoms with Crippen LogP contribution in [-0.2, 0) is 20.1 Å². The standard InChI is InChI=1S/C19H29N7O/c1-4-6-11-21-18(27)16-9-7-15(8-10-16)12-22-19(20-5-2)23-13-17-24-14-25-26(17)3/h7-10,14H,4-6,11-13H2,1-3H3,(H,21,27)(H2,20,22,23). The van der Waals surface area contributed by atoms with Crippen LogP contribution in [0.1, 0.15) is 48.4 Å². The summed E-state index contributed by atoms with van der Waals surface area (Å²) in [4.78, 5) is 20.8. The molecule has 2 rings (SSSR count). The lowest BCUT2D eigenvalue weighted by Crippen LogP contribution is -2.37. The number of unbranched alkanes of at least 4 members (excludes halogenated alkanes) is 1. The lowest BCUT2D eigenvalue weighted by atomic mass is 10.1. The lowest BCUT2D eigenvalue weighted by Gasteiger charge is -2.11. The molecular weight excluding hydrogens is 342 g/mol. The first-order chi connectivity index (χ1) is 13.1. The highest BCUT2D eigenvalue weighted by Gasteiger charge is 2.05. The first kappa shape index (κ1) is 20.4. The van der Waals surface area contributed by atoms with Gasteiger partial charge in [0.2, 0.25) is 0 Å². The van der Waals surface area contributed by atoms with Gasteiger partial charge in [-0.2, -0.15) is 5.10 Å². The summed E-state index contributed by atoms with van der Waals surface area (Å²) in [7, 11) is 1.86. The highest BCUT2D eigenvalue weighted by Crippen LogP contribution is 2.06. The number of hydrogen-bond donors (Lipinski definition) is 3. The third-order valence-electron chi connectivity index (χ3n) is 4.02. The Bertz CT molecular complexity index is 737. The predicted octanol–water partition coefficient (Wildman–Crippen LogP) is 1.60. The van der Waals surface area contributed by atoms with Crippen LogP contribution in [0.3, 0.4) is 0 Å². The molecule has 146 valence electrons. The zero-order valence-corrected chi connectivity index (χ0v) is 16.3. The maximum absolute atomic E-state index is 12.0. The van der Waals surface area contributed by atoms with Crippen molar-refractivity contribution in [1.82, 2.24) is 30.7 Å². The summed E-state index contributed by atoms with van der Waals surface area (Å²) in [5, 5.41) is 13.4. The van der Waals surface area contributed by atoms with Crippen LogP contribution in [0.5, 0.6) is 0 Å². The van der Waals surface area contributed by atoms with E-state index < -0.39 is 0 Å². The van der Waals surface area contributed by atoms with Gasteiger partial charge in [0.15, 0.2) is 5.96 Å². The minimum atomic E-state index is -0.0304. The van der Waals surface area contributed by atoms with Crippen LogP contribution in [0, 0.1) is 0 Å². The second-order valence-corrected chi connectivity index (χ2v) is 6.15. The van der Waals surface area contributed by atoms with Crippen LogP contribution in [0.2, 0.25) is 0 Å². The number of amides is 1. The smallest absolute Gasteiger partial charge is 0.251 e. The molecule has 1 heterocycles. The van der Waals surface area contributed by atoms with E-state index in [9.17, 15) is 4.79 Å². The molecule has 3 N–H and O–H groups in total. The second kappa shape index (κ2) is 10.9. The molecule has 0 atom stereocenters. The van der Waals surface area contributed by atoms with Crippen molar-refractivity contribution in [1.29, 1.82) is 0 Å². The van der Waals surface area contributed by atoms with Crippen LogP contribution in [0.4, 0.5) is 0 Å². The summed E-state index contributed by atoms with van der Waals surface area (Å²) in [5.41, 5.74) is 1.71. The quantitative estimate of drug-likeness (QED) is 0.353. The molecule has 0 radical (unpaired) electrons. The van der Waals surface area contributed by atoms with E-state index in [4.69, 9.17) is 0 Å². The summed E-state index contributed by atoms with van der Waals surface area (Å²) < 4.78 is 1.72. The van der Waals surface area contributed by atoms with Crippen molar-refractivity contribution in [3.05, 3.63) is 47.5 Å². The van der Waals surface area contributed by atoms with Crippen LogP contribution >= 0.6 is 0 Å². The first-order valence-corrected chi connectivity index (χ1v) is 9.36. The van der Waals surface area contributed by atoms with Crippen LogP contribution < -0.4 is 16.0 Å². The molecule has 27 heavy (non-hydrogen) atoms. The summed E-state index contributed by atoms with van der Waals surface area (Å²) in [6.45, 7) is 6.66. The fourth-order valence-corrected chi connectivity index (χ4v) is 2.40. The Kier molecular flexibility index (Phi) is 8.28. The van der Waals surface area contributed by atoms with Crippen molar-refractivity contribution in [2.75, 3.05) is 13.1 Å². The SMILES string of the molecule is CCCCNC(=O)c1ccc(CN=C(NCC)NCc2ncnn2C)cc1. The number of aromatic nitrogens is 3. The summed E-state index contributed by atoms with van der Waals surface area (Å²) >= 11 is 0. The van der Waals surface area contributed by atoms with Gasteiger partial charge in [0, 0.05) is 25.7 Å². The topological polar surface area (TPSA) is 96.2 Å². The minimum absolute atomic E-state index is 0.0304. The molecule has 0 fully saturated rings. The zero-order chi connectivity index (χ0) is 19.5. The number of benzene rings is 1. The van der Waals surface area contributed by atoms with Gasteiger partial charge in [0.05, 0.1) is 13.1 Å². The van der Waals surface area contributed by atoms with Crippen molar-refractivity contribution in [2.24, 2.45) is 12.0 Å². The maximum Gasteiger partial charge on any atom is 0.251 e.